The van der Waals surface area contributed by atoms with E-state index in [4.69, 9.17) is 0 Å². The van der Waals surface area contributed by atoms with E-state index in [2.05, 4.69) is 25.0 Å². The van der Waals surface area contributed by atoms with Crippen molar-refractivity contribution in [2.45, 2.75) is 39.5 Å². The Morgan fingerprint density at radius 1 is 1.17 bits per heavy atom. The van der Waals surface area contributed by atoms with E-state index < -0.39 is 11.2 Å². The Bertz CT molecular complexity index is 1360. The smallest absolute Gasteiger partial charge is 0.358 e. The number of carbonyl (C=O) groups excluding carboxylic acids is 1. The molecule has 1 amide bonds. The minimum Gasteiger partial charge on any atom is -0.358 e. The molecule has 13 heteroatoms. The van der Waals surface area contributed by atoms with E-state index in [1.165, 1.54) is 0 Å². The summed E-state index contributed by atoms with van der Waals surface area (Å²) in [5.74, 6) is 1.43. The molecule has 0 saturated carbocycles. The van der Waals surface area contributed by atoms with Crippen LogP contribution < -0.4 is 4.90 Å². The fourth-order valence-corrected chi connectivity index (χ4v) is 5.28. The maximum absolute atomic E-state index is 13.6. The van der Waals surface area contributed by atoms with Crippen LogP contribution in [0.25, 0.3) is 22.6 Å². The van der Waals surface area contributed by atoms with Gasteiger partial charge in [0, 0.05) is 25.7 Å². The molecule has 4 aromatic rings. The minimum absolute atomic E-state index is 0.0695. The number of amides is 1. The summed E-state index contributed by atoms with van der Waals surface area (Å²) in [7, 11) is 0. The van der Waals surface area contributed by atoms with Crippen LogP contribution in [0.15, 0.2) is 24.3 Å². The van der Waals surface area contributed by atoms with Crippen LogP contribution in [0.3, 0.4) is 0 Å². The summed E-state index contributed by atoms with van der Waals surface area (Å²) in [5.41, 5.74) is 1.54. The van der Waals surface area contributed by atoms with Crippen LogP contribution in [0.2, 0.25) is 0 Å². The third-order valence-electron chi connectivity index (χ3n) is 5.95. The van der Waals surface area contributed by atoms with E-state index in [0.29, 0.717) is 53.1 Å². The molecule has 0 aliphatic carbocycles. The molecule has 1 aliphatic rings. The molecule has 0 bridgehead atoms. The highest BCUT2D eigenvalue weighted by molar-refractivity contribution is 7.16. The van der Waals surface area contributed by atoms with Crippen LogP contribution in [0.5, 0.6) is 0 Å². The predicted molar refractivity (Wildman–Crippen MR) is 125 cm³/mol. The zero-order valence-corrected chi connectivity index (χ0v) is 20.1. The molecule has 0 unspecified atom stereocenters. The molecule has 0 radical (unpaired) electrons. The fourth-order valence-electron chi connectivity index (χ4n) is 4.31. The van der Waals surface area contributed by atoms with Crippen molar-refractivity contribution < 1.29 is 18.0 Å². The van der Waals surface area contributed by atoms with Gasteiger partial charge in [0.2, 0.25) is 10.9 Å². The van der Waals surface area contributed by atoms with Crippen molar-refractivity contribution in [2.24, 2.45) is 0 Å². The molecule has 9 nitrogen and oxygen atoms in total. The molecule has 35 heavy (non-hydrogen) atoms. The number of hydrogen-bond acceptors (Lipinski definition) is 7. The van der Waals surface area contributed by atoms with Crippen molar-refractivity contribution >= 4 is 33.3 Å². The van der Waals surface area contributed by atoms with Gasteiger partial charge in [-0.2, -0.15) is 18.3 Å². The Morgan fingerprint density at radius 3 is 2.60 bits per heavy atom. The molecule has 5 rings (SSSR count). The molecule has 184 valence electrons. The maximum Gasteiger partial charge on any atom is 0.443 e. The molecule has 0 spiro atoms. The van der Waals surface area contributed by atoms with E-state index in [9.17, 15) is 18.0 Å². The number of imidazole rings is 1. The third-order valence-corrected chi connectivity index (χ3v) is 7.11. The van der Waals surface area contributed by atoms with E-state index in [1.807, 2.05) is 30.0 Å². The second-order valence-corrected chi connectivity index (χ2v) is 9.50. The SMILES string of the molecule is Cc1nc(C)n(CC(=O)N2CCN(c3sc(C(F)(F)F)nc3-c3nc4ccccc4[nH]3)C[C@@H]2C)n1. The minimum atomic E-state index is -4.57. The molecule has 1 aromatic carbocycles. The van der Waals surface area contributed by atoms with Gasteiger partial charge in [-0.15, -0.1) is 0 Å². The molecular weight excluding hydrogens is 481 g/mol. The summed E-state index contributed by atoms with van der Waals surface area (Å²) < 4.78 is 42.3. The van der Waals surface area contributed by atoms with Gasteiger partial charge in [0.25, 0.3) is 0 Å². The summed E-state index contributed by atoms with van der Waals surface area (Å²) >= 11 is 0.601. The number of fused-ring (bicyclic) bond motifs is 1. The first-order chi connectivity index (χ1) is 16.6. The fraction of sp³-hybridized carbons (Fsp3) is 0.409. The normalized spacial score (nSPS) is 16.9. The Hall–Kier alpha value is -3.48. The number of benzene rings is 1. The van der Waals surface area contributed by atoms with Crippen molar-refractivity contribution in [3.05, 3.63) is 40.9 Å². The summed E-state index contributed by atoms with van der Waals surface area (Å²) in [4.78, 5) is 32.2. The summed E-state index contributed by atoms with van der Waals surface area (Å²) in [6.07, 6.45) is -4.57. The van der Waals surface area contributed by atoms with Gasteiger partial charge in [0.05, 0.1) is 11.0 Å². The van der Waals surface area contributed by atoms with Crippen LogP contribution in [-0.2, 0) is 17.5 Å². The van der Waals surface area contributed by atoms with Crippen molar-refractivity contribution in [2.75, 3.05) is 24.5 Å². The van der Waals surface area contributed by atoms with Crippen LogP contribution in [0.1, 0.15) is 23.6 Å². The summed E-state index contributed by atoms with van der Waals surface area (Å²) in [6.45, 7) is 6.61. The molecule has 4 heterocycles. The molecule has 1 atom stereocenters. The molecule has 1 N–H and O–H groups in total. The zero-order valence-electron chi connectivity index (χ0n) is 19.3. The Labute approximate surface area is 202 Å². The van der Waals surface area contributed by atoms with Crippen LogP contribution >= 0.6 is 11.3 Å². The topological polar surface area (TPSA) is 95.8 Å². The van der Waals surface area contributed by atoms with Gasteiger partial charge in [-0.1, -0.05) is 23.5 Å². The number of aromatic nitrogens is 6. The molecular formula is C22H23F3N8OS. The lowest BCUT2D eigenvalue weighted by atomic mass is 10.2. The van der Waals surface area contributed by atoms with Gasteiger partial charge in [-0.05, 0) is 32.9 Å². The van der Waals surface area contributed by atoms with E-state index >= 15 is 0 Å². The Morgan fingerprint density at radius 2 is 1.94 bits per heavy atom. The average molecular weight is 505 g/mol. The van der Waals surface area contributed by atoms with Gasteiger partial charge in [0.15, 0.2) is 5.82 Å². The summed E-state index contributed by atoms with van der Waals surface area (Å²) in [6, 6.07) is 7.02. The zero-order chi connectivity index (χ0) is 24.9. The van der Waals surface area contributed by atoms with E-state index in [1.54, 1.807) is 29.5 Å². The third kappa shape index (κ3) is 4.47. The Kier molecular flexibility index (Phi) is 5.74. The highest BCUT2D eigenvalue weighted by Gasteiger charge is 2.39. The number of nitrogens with zero attached hydrogens (tertiary/aromatic N) is 7. The number of alkyl halides is 3. The standard InChI is InChI=1S/C22H23F3N8OS/c1-12-10-31(8-9-32(12)17(34)11-33-14(3)26-13(2)30-33)20-18(29-21(35-20)22(23,24)25)19-27-15-6-4-5-7-16(15)28-19/h4-7,12H,8-11H2,1-3H3,(H,27,28)/t12-/m0/s1. The first-order valence-electron chi connectivity index (χ1n) is 11.1. The number of anilines is 1. The van der Waals surface area contributed by atoms with E-state index in [0.717, 1.165) is 5.52 Å². The van der Waals surface area contributed by atoms with Crippen LogP contribution in [0.4, 0.5) is 18.2 Å². The predicted octanol–water partition coefficient (Wildman–Crippen LogP) is 3.65. The number of piperazine rings is 1. The quantitative estimate of drug-likeness (QED) is 0.456. The number of aromatic amines is 1. The van der Waals surface area contributed by atoms with Gasteiger partial charge < -0.3 is 14.8 Å². The Balaban J connectivity index is 1.40. The first-order valence-corrected chi connectivity index (χ1v) is 11.9. The lowest BCUT2D eigenvalue weighted by Crippen LogP contribution is -2.54. The molecule has 3 aromatic heterocycles. The maximum atomic E-state index is 13.6. The van der Waals surface area contributed by atoms with Crippen molar-refractivity contribution in [1.82, 2.24) is 34.6 Å². The van der Waals surface area contributed by atoms with Crippen LogP contribution in [0, 0.1) is 13.8 Å². The largest absolute Gasteiger partial charge is 0.443 e. The summed E-state index contributed by atoms with van der Waals surface area (Å²) in [5, 5.41) is 3.71. The monoisotopic (exact) mass is 504 g/mol. The second-order valence-electron chi connectivity index (χ2n) is 8.52. The number of hydrogen-bond donors (Lipinski definition) is 1. The van der Waals surface area contributed by atoms with Gasteiger partial charge in [-0.25, -0.2) is 19.6 Å². The lowest BCUT2D eigenvalue weighted by molar-refractivity contribution is -0.137. The van der Waals surface area contributed by atoms with Gasteiger partial charge in [0.1, 0.15) is 28.9 Å². The number of rotatable bonds is 4. The van der Waals surface area contributed by atoms with Crippen LogP contribution in [-0.4, -0.2) is 66.2 Å². The molecule has 1 aliphatic heterocycles. The first kappa shape index (κ1) is 23.3. The number of H-pyrrole nitrogens is 1. The molecule has 1 fully saturated rings. The second kappa shape index (κ2) is 8.63. The number of carbonyl (C=O) groups is 1. The highest BCUT2D eigenvalue weighted by atomic mass is 32.1. The lowest BCUT2D eigenvalue weighted by Gasteiger charge is -2.40. The van der Waals surface area contributed by atoms with Gasteiger partial charge >= 0.3 is 6.18 Å². The number of para-hydroxylation sites is 2. The van der Waals surface area contributed by atoms with Crippen molar-refractivity contribution in [3.63, 3.8) is 0 Å². The number of halogens is 3. The van der Waals surface area contributed by atoms with E-state index in [-0.39, 0.29) is 30.0 Å². The molecule has 1 saturated heterocycles. The van der Waals surface area contributed by atoms with Crippen molar-refractivity contribution in [1.29, 1.82) is 0 Å². The average Bonchev–Trinajstić information content (AvgIpc) is 3.49. The number of thiazole rings is 1. The highest BCUT2D eigenvalue weighted by Crippen LogP contribution is 2.42. The number of aryl methyl sites for hydroxylation is 2. The van der Waals surface area contributed by atoms with Crippen molar-refractivity contribution in [3.8, 4) is 11.5 Å². The number of nitrogens with one attached hydrogen (secondary N) is 1. The van der Waals surface area contributed by atoms with Gasteiger partial charge in [-0.3, -0.25) is 4.79 Å².